The number of rotatable bonds is 3. The molecule has 0 spiro atoms. The van der Waals surface area contributed by atoms with Gasteiger partial charge in [-0.15, -0.1) is 0 Å². The van der Waals surface area contributed by atoms with E-state index >= 15 is 0 Å². The molecule has 21 heavy (non-hydrogen) atoms. The van der Waals surface area contributed by atoms with Crippen LogP contribution < -0.4 is 16.6 Å². The Labute approximate surface area is 128 Å². The third kappa shape index (κ3) is 2.79. The number of nitrogen functional groups attached to an aromatic ring is 1. The zero-order valence-corrected chi connectivity index (χ0v) is 12.4. The lowest BCUT2D eigenvalue weighted by Gasteiger charge is -2.11. The summed E-state index contributed by atoms with van der Waals surface area (Å²) in [7, 11) is 0. The first kappa shape index (κ1) is 13.7. The van der Waals surface area contributed by atoms with Gasteiger partial charge in [0.15, 0.2) is 0 Å². The summed E-state index contributed by atoms with van der Waals surface area (Å²) in [5.41, 5.74) is 3.88. The van der Waals surface area contributed by atoms with E-state index in [9.17, 15) is 4.39 Å². The van der Waals surface area contributed by atoms with E-state index < -0.39 is 0 Å². The van der Waals surface area contributed by atoms with E-state index in [4.69, 9.17) is 5.84 Å². The highest BCUT2D eigenvalue weighted by atomic mass is 79.9. The monoisotopic (exact) mass is 347 g/mol. The van der Waals surface area contributed by atoms with Gasteiger partial charge in [0.05, 0.1) is 11.2 Å². The van der Waals surface area contributed by atoms with Crippen LogP contribution in [0.2, 0.25) is 0 Å². The largest absolute Gasteiger partial charge is 0.339 e. The van der Waals surface area contributed by atoms with Crippen molar-refractivity contribution in [3.8, 4) is 0 Å². The van der Waals surface area contributed by atoms with Crippen LogP contribution in [-0.4, -0.2) is 9.97 Å². The van der Waals surface area contributed by atoms with Crippen LogP contribution in [0.5, 0.6) is 0 Å². The molecule has 0 saturated carbocycles. The lowest BCUT2D eigenvalue weighted by molar-refractivity contribution is 0.627. The molecule has 4 N–H and O–H groups in total. The summed E-state index contributed by atoms with van der Waals surface area (Å²) in [5.74, 6) is 5.96. The van der Waals surface area contributed by atoms with Gasteiger partial charge in [-0.1, -0.05) is 12.1 Å². The highest BCUT2D eigenvalue weighted by Gasteiger charge is 2.09. The van der Waals surface area contributed by atoms with Gasteiger partial charge in [-0.25, -0.2) is 15.2 Å². The number of benzene rings is 2. The second-order valence-electron chi connectivity index (χ2n) is 4.31. The molecule has 0 amide bonds. The van der Waals surface area contributed by atoms with Crippen molar-refractivity contribution in [3.05, 3.63) is 52.8 Å². The maximum atomic E-state index is 13.1. The van der Waals surface area contributed by atoms with Gasteiger partial charge < -0.3 is 5.32 Å². The quantitative estimate of drug-likeness (QED) is 0.498. The molecule has 0 aliphatic carbocycles. The molecule has 0 aliphatic heterocycles. The molecule has 7 heteroatoms. The summed E-state index contributed by atoms with van der Waals surface area (Å²) < 4.78 is 13.8. The van der Waals surface area contributed by atoms with Crippen LogP contribution in [0.3, 0.4) is 0 Å². The molecule has 0 bridgehead atoms. The summed E-state index contributed by atoms with van der Waals surface area (Å²) in [6.45, 7) is 0. The normalized spacial score (nSPS) is 10.6. The molecule has 5 nitrogen and oxygen atoms in total. The van der Waals surface area contributed by atoms with Crippen molar-refractivity contribution in [2.75, 3.05) is 10.7 Å². The van der Waals surface area contributed by atoms with Crippen LogP contribution in [0.25, 0.3) is 10.9 Å². The van der Waals surface area contributed by atoms with Crippen molar-refractivity contribution >= 4 is 44.3 Å². The third-order valence-electron chi connectivity index (χ3n) is 2.92. The smallest absolute Gasteiger partial charge is 0.239 e. The zero-order valence-electron chi connectivity index (χ0n) is 10.8. The fourth-order valence-corrected chi connectivity index (χ4v) is 2.40. The molecule has 106 valence electrons. The number of para-hydroxylation sites is 1. The number of aromatic nitrogens is 2. The van der Waals surface area contributed by atoms with Gasteiger partial charge in [-0.05, 0) is 46.3 Å². The second-order valence-corrected chi connectivity index (χ2v) is 5.16. The highest BCUT2D eigenvalue weighted by Crippen LogP contribution is 2.29. The molecular weight excluding hydrogens is 337 g/mol. The predicted octanol–water partition coefficient (Wildman–Crippen LogP) is 3.56. The molecule has 1 aromatic heterocycles. The Morgan fingerprint density at radius 1 is 1.10 bits per heavy atom. The van der Waals surface area contributed by atoms with Crippen molar-refractivity contribution in [3.63, 3.8) is 0 Å². The van der Waals surface area contributed by atoms with E-state index in [0.717, 1.165) is 10.9 Å². The Morgan fingerprint density at radius 3 is 2.67 bits per heavy atom. The van der Waals surface area contributed by atoms with Crippen molar-refractivity contribution in [2.45, 2.75) is 0 Å². The Balaban J connectivity index is 2.10. The summed E-state index contributed by atoms with van der Waals surface area (Å²) in [6.07, 6.45) is 0. The van der Waals surface area contributed by atoms with Crippen LogP contribution in [0.15, 0.2) is 46.9 Å². The molecule has 0 aliphatic rings. The molecular formula is C14H11BrFN5. The van der Waals surface area contributed by atoms with Crippen LogP contribution in [0.4, 0.5) is 21.8 Å². The van der Waals surface area contributed by atoms with Crippen LogP contribution in [0, 0.1) is 5.82 Å². The Kier molecular flexibility index (Phi) is 3.68. The maximum Gasteiger partial charge on any atom is 0.239 e. The number of nitrogens with one attached hydrogen (secondary N) is 2. The third-order valence-corrected chi connectivity index (χ3v) is 3.57. The number of hydrogen-bond acceptors (Lipinski definition) is 5. The molecule has 3 aromatic rings. The lowest BCUT2D eigenvalue weighted by Crippen LogP contribution is -2.11. The molecule has 2 aromatic carbocycles. The van der Waals surface area contributed by atoms with Gasteiger partial charge in [-0.2, -0.15) is 4.98 Å². The number of fused-ring (bicyclic) bond motifs is 1. The Bertz CT molecular complexity index is 808. The van der Waals surface area contributed by atoms with E-state index in [2.05, 4.69) is 36.6 Å². The minimum atomic E-state index is -0.315. The number of nitrogens with two attached hydrogens (primary N) is 1. The maximum absolute atomic E-state index is 13.1. The van der Waals surface area contributed by atoms with Crippen molar-refractivity contribution in [2.24, 2.45) is 5.84 Å². The minimum absolute atomic E-state index is 0.300. The average molecular weight is 348 g/mol. The first-order valence-electron chi connectivity index (χ1n) is 6.13. The first-order chi connectivity index (χ1) is 10.2. The molecule has 0 radical (unpaired) electrons. The minimum Gasteiger partial charge on any atom is -0.339 e. The summed E-state index contributed by atoms with van der Waals surface area (Å²) in [4.78, 5) is 8.58. The molecule has 1 heterocycles. The van der Waals surface area contributed by atoms with Gasteiger partial charge in [0.1, 0.15) is 11.6 Å². The van der Waals surface area contributed by atoms with E-state index in [-0.39, 0.29) is 5.82 Å². The van der Waals surface area contributed by atoms with Crippen molar-refractivity contribution < 1.29 is 4.39 Å². The molecule has 3 rings (SSSR count). The predicted molar refractivity (Wildman–Crippen MR) is 84.7 cm³/mol. The number of nitrogens with zero attached hydrogens (tertiary/aromatic N) is 2. The molecule has 0 unspecified atom stereocenters. The van der Waals surface area contributed by atoms with Gasteiger partial charge in [0.2, 0.25) is 5.95 Å². The van der Waals surface area contributed by atoms with Crippen LogP contribution >= 0.6 is 15.9 Å². The SMILES string of the molecule is NNc1nc(Nc2ccc(F)cc2Br)c2ccccc2n1. The van der Waals surface area contributed by atoms with E-state index in [1.165, 1.54) is 12.1 Å². The molecule has 0 fully saturated rings. The standard InChI is InChI=1S/C14H11BrFN5/c15-10-7-8(16)5-6-12(10)18-13-9-3-1-2-4-11(9)19-14(20-13)21-17/h1-7H,17H2,(H2,18,19,20,21). The highest BCUT2D eigenvalue weighted by molar-refractivity contribution is 9.10. The van der Waals surface area contributed by atoms with Gasteiger partial charge >= 0.3 is 0 Å². The Hall–Kier alpha value is -2.25. The van der Waals surface area contributed by atoms with Gasteiger partial charge in [0.25, 0.3) is 0 Å². The van der Waals surface area contributed by atoms with Gasteiger partial charge in [0, 0.05) is 9.86 Å². The summed E-state index contributed by atoms with van der Waals surface area (Å²) >= 11 is 3.32. The fourth-order valence-electron chi connectivity index (χ4n) is 1.95. The topological polar surface area (TPSA) is 75.9 Å². The molecule has 0 saturated heterocycles. The average Bonchev–Trinajstić information content (AvgIpc) is 2.49. The van der Waals surface area contributed by atoms with E-state index in [0.29, 0.717) is 21.9 Å². The summed E-state index contributed by atoms with van der Waals surface area (Å²) in [5, 5.41) is 4.00. The number of hydrogen-bond donors (Lipinski definition) is 3. The number of anilines is 3. The summed E-state index contributed by atoms with van der Waals surface area (Å²) in [6, 6.07) is 11.9. The lowest BCUT2D eigenvalue weighted by atomic mass is 10.2. The first-order valence-corrected chi connectivity index (χ1v) is 6.92. The zero-order chi connectivity index (χ0) is 14.8. The number of hydrazine groups is 1. The molecule has 0 atom stereocenters. The Morgan fingerprint density at radius 2 is 1.90 bits per heavy atom. The van der Waals surface area contributed by atoms with Gasteiger partial charge in [-0.3, -0.25) is 5.43 Å². The number of halogens is 2. The second kappa shape index (κ2) is 5.63. The van der Waals surface area contributed by atoms with E-state index in [1.807, 2.05) is 24.3 Å². The fraction of sp³-hybridized carbons (Fsp3) is 0. The van der Waals surface area contributed by atoms with E-state index in [1.54, 1.807) is 6.07 Å². The van der Waals surface area contributed by atoms with Crippen LogP contribution in [-0.2, 0) is 0 Å². The van der Waals surface area contributed by atoms with Crippen LogP contribution in [0.1, 0.15) is 0 Å². The van der Waals surface area contributed by atoms with Crippen molar-refractivity contribution in [1.29, 1.82) is 0 Å². The van der Waals surface area contributed by atoms with Crippen molar-refractivity contribution in [1.82, 2.24) is 9.97 Å².